The van der Waals surface area contributed by atoms with Gasteiger partial charge in [-0.25, -0.2) is 0 Å². The van der Waals surface area contributed by atoms with Crippen molar-refractivity contribution in [2.45, 2.75) is 65.3 Å². The fourth-order valence-electron chi connectivity index (χ4n) is 3.90. The molecule has 3 rings (SSSR count). The Hall–Kier alpha value is -1.03. The molecule has 0 saturated carbocycles. The van der Waals surface area contributed by atoms with Gasteiger partial charge in [0.1, 0.15) is 0 Å². The highest BCUT2D eigenvalue weighted by molar-refractivity contribution is 5.51. The van der Waals surface area contributed by atoms with Crippen molar-refractivity contribution in [2.24, 2.45) is 17.1 Å². The Kier molecular flexibility index (Phi) is 4.00. The van der Waals surface area contributed by atoms with Crippen LogP contribution in [0.4, 0.5) is 5.82 Å². The van der Waals surface area contributed by atoms with Gasteiger partial charge in [0.15, 0.2) is 5.82 Å². The second-order valence-corrected chi connectivity index (χ2v) is 7.63. The van der Waals surface area contributed by atoms with E-state index in [0.29, 0.717) is 11.5 Å². The maximum Gasteiger partial charge on any atom is 0.153 e. The standard InChI is InChI=1S/C17H30N4/c1-4-17(2,3)12-7-8-15-14(10-12)16(20-19-15)21-9-5-6-13(18)11-21/h12-13H,4-11,18H2,1-3H3,(H,19,20). The Labute approximate surface area is 128 Å². The van der Waals surface area contributed by atoms with Crippen molar-refractivity contribution in [3.63, 3.8) is 0 Å². The molecule has 1 aromatic rings. The number of aryl methyl sites for hydroxylation is 1. The predicted molar refractivity (Wildman–Crippen MR) is 87.6 cm³/mol. The first kappa shape index (κ1) is 14.9. The summed E-state index contributed by atoms with van der Waals surface area (Å²) in [6.07, 6.45) is 7.19. The van der Waals surface area contributed by atoms with E-state index in [9.17, 15) is 0 Å². The summed E-state index contributed by atoms with van der Waals surface area (Å²) in [4.78, 5) is 2.41. The van der Waals surface area contributed by atoms with Crippen LogP contribution in [0.25, 0.3) is 0 Å². The van der Waals surface area contributed by atoms with Crippen molar-refractivity contribution in [1.29, 1.82) is 0 Å². The van der Waals surface area contributed by atoms with Crippen LogP contribution < -0.4 is 10.6 Å². The molecular formula is C17H30N4. The van der Waals surface area contributed by atoms with Crippen molar-refractivity contribution < 1.29 is 0 Å². The fraction of sp³-hybridized carbons (Fsp3) is 0.824. The lowest BCUT2D eigenvalue weighted by atomic mass is 9.69. The summed E-state index contributed by atoms with van der Waals surface area (Å²) in [5, 5.41) is 7.94. The second kappa shape index (κ2) is 5.64. The van der Waals surface area contributed by atoms with Crippen LogP contribution in [0.5, 0.6) is 0 Å². The number of anilines is 1. The normalized spacial score (nSPS) is 26.8. The Morgan fingerprint density at radius 2 is 2.19 bits per heavy atom. The summed E-state index contributed by atoms with van der Waals surface area (Å²) < 4.78 is 0. The van der Waals surface area contributed by atoms with Crippen molar-refractivity contribution >= 4 is 5.82 Å². The van der Waals surface area contributed by atoms with Crippen LogP contribution in [0.15, 0.2) is 0 Å². The molecular weight excluding hydrogens is 260 g/mol. The Morgan fingerprint density at radius 1 is 1.38 bits per heavy atom. The van der Waals surface area contributed by atoms with E-state index in [-0.39, 0.29) is 0 Å². The average molecular weight is 290 g/mol. The van der Waals surface area contributed by atoms with Crippen LogP contribution in [0.1, 0.15) is 57.7 Å². The number of nitrogens with zero attached hydrogens (tertiary/aromatic N) is 2. The highest BCUT2D eigenvalue weighted by Gasteiger charge is 2.34. The maximum atomic E-state index is 6.15. The van der Waals surface area contributed by atoms with Gasteiger partial charge < -0.3 is 10.6 Å². The molecule has 0 amide bonds. The number of aromatic nitrogens is 2. The Balaban J connectivity index is 1.82. The third kappa shape index (κ3) is 2.83. The molecule has 2 atom stereocenters. The number of H-pyrrole nitrogens is 1. The van der Waals surface area contributed by atoms with Gasteiger partial charge in [0.25, 0.3) is 0 Å². The number of hydrogen-bond donors (Lipinski definition) is 2. The molecule has 0 radical (unpaired) electrons. The van der Waals surface area contributed by atoms with E-state index in [2.05, 4.69) is 35.9 Å². The van der Waals surface area contributed by atoms with Gasteiger partial charge in [-0.2, -0.15) is 5.10 Å². The van der Waals surface area contributed by atoms with Crippen molar-refractivity contribution in [2.75, 3.05) is 18.0 Å². The van der Waals surface area contributed by atoms with E-state index in [4.69, 9.17) is 5.73 Å². The van der Waals surface area contributed by atoms with Gasteiger partial charge in [-0.3, -0.25) is 5.10 Å². The molecule has 0 aromatic carbocycles. The Morgan fingerprint density at radius 3 is 2.90 bits per heavy atom. The second-order valence-electron chi connectivity index (χ2n) is 7.63. The molecule has 21 heavy (non-hydrogen) atoms. The fourth-order valence-corrected chi connectivity index (χ4v) is 3.90. The highest BCUT2D eigenvalue weighted by atomic mass is 15.3. The molecule has 1 fully saturated rings. The molecule has 2 unspecified atom stereocenters. The number of fused-ring (bicyclic) bond motifs is 1. The van der Waals surface area contributed by atoms with Gasteiger partial charge in [-0.15, -0.1) is 0 Å². The minimum Gasteiger partial charge on any atom is -0.353 e. The SMILES string of the molecule is CCC(C)(C)C1CCc2[nH]nc(N3CCCC(N)C3)c2C1. The van der Waals surface area contributed by atoms with E-state index in [1.54, 1.807) is 0 Å². The summed E-state index contributed by atoms with van der Waals surface area (Å²) in [5.41, 5.74) is 9.41. The zero-order valence-electron chi connectivity index (χ0n) is 13.8. The molecule has 2 heterocycles. The van der Waals surface area contributed by atoms with Crippen LogP contribution in [0, 0.1) is 11.3 Å². The van der Waals surface area contributed by atoms with Crippen molar-refractivity contribution in [1.82, 2.24) is 10.2 Å². The first-order chi connectivity index (χ1) is 10.0. The number of hydrogen-bond acceptors (Lipinski definition) is 3. The topological polar surface area (TPSA) is 57.9 Å². The molecule has 3 N–H and O–H groups in total. The third-order valence-corrected chi connectivity index (χ3v) is 5.90. The summed E-state index contributed by atoms with van der Waals surface area (Å²) in [6, 6.07) is 0.303. The van der Waals surface area contributed by atoms with Crippen molar-refractivity contribution in [3.05, 3.63) is 11.3 Å². The molecule has 118 valence electrons. The molecule has 1 aliphatic heterocycles. The quantitative estimate of drug-likeness (QED) is 0.900. The van der Waals surface area contributed by atoms with E-state index in [0.717, 1.165) is 31.8 Å². The first-order valence-electron chi connectivity index (χ1n) is 8.58. The molecule has 4 nitrogen and oxygen atoms in total. The molecule has 1 saturated heterocycles. The average Bonchev–Trinajstić information content (AvgIpc) is 2.90. The molecule has 1 aliphatic carbocycles. The van der Waals surface area contributed by atoms with Crippen LogP contribution >= 0.6 is 0 Å². The van der Waals surface area contributed by atoms with Crippen LogP contribution in [-0.2, 0) is 12.8 Å². The Bertz CT molecular complexity index is 491. The molecule has 2 aliphatic rings. The maximum absolute atomic E-state index is 6.15. The van der Waals surface area contributed by atoms with Gasteiger partial charge in [0.05, 0.1) is 0 Å². The zero-order valence-corrected chi connectivity index (χ0v) is 13.8. The summed E-state index contributed by atoms with van der Waals surface area (Å²) in [6.45, 7) is 9.21. The third-order valence-electron chi connectivity index (χ3n) is 5.90. The number of nitrogens with two attached hydrogens (primary N) is 1. The number of aromatic amines is 1. The van der Waals surface area contributed by atoms with Crippen molar-refractivity contribution in [3.8, 4) is 0 Å². The monoisotopic (exact) mass is 290 g/mol. The van der Waals surface area contributed by atoms with Crippen LogP contribution in [0.3, 0.4) is 0 Å². The lowest BCUT2D eigenvalue weighted by Crippen LogP contribution is -2.43. The number of nitrogens with one attached hydrogen (secondary N) is 1. The zero-order chi connectivity index (χ0) is 15.0. The molecule has 1 aromatic heterocycles. The smallest absolute Gasteiger partial charge is 0.153 e. The lowest BCUT2D eigenvalue weighted by molar-refractivity contribution is 0.182. The largest absolute Gasteiger partial charge is 0.353 e. The minimum atomic E-state index is 0.303. The number of piperidine rings is 1. The summed E-state index contributed by atoms with van der Waals surface area (Å²) in [7, 11) is 0. The van der Waals surface area contributed by atoms with E-state index in [1.165, 1.54) is 42.8 Å². The first-order valence-corrected chi connectivity index (χ1v) is 8.58. The molecule has 0 bridgehead atoms. The molecule has 0 spiro atoms. The van der Waals surface area contributed by atoms with Gasteiger partial charge in [0.2, 0.25) is 0 Å². The van der Waals surface area contributed by atoms with Crippen LogP contribution in [0.2, 0.25) is 0 Å². The predicted octanol–water partition coefficient (Wildman–Crippen LogP) is 2.88. The minimum absolute atomic E-state index is 0.303. The van der Waals surface area contributed by atoms with Gasteiger partial charge in [-0.1, -0.05) is 27.2 Å². The summed E-state index contributed by atoms with van der Waals surface area (Å²) in [5.74, 6) is 1.96. The van der Waals surface area contributed by atoms with Gasteiger partial charge in [-0.05, 0) is 43.4 Å². The summed E-state index contributed by atoms with van der Waals surface area (Å²) >= 11 is 0. The van der Waals surface area contributed by atoms with E-state index >= 15 is 0 Å². The molecule has 4 heteroatoms. The van der Waals surface area contributed by atoms with Gasteiger partial charge >= 0.3 is 0 Å². The van der Waals surface area contributed by atoms with E-state index < -0.39 is 0 Å². The highest BCUT2D eigenvalue weighted by Crippen LogP contribution is 2.41. The van der Waals surface area contributed by atoms with Crippen LogP contribution in [-0.4, -0.2) is 29.3 Å². The van der Waals surface area contributed by atoms with Gasteiger partial charge in [0, 0.05) is 30.4 Å². The lowest BCUT2D eigenvalue weighted by Gasteiger charge is -2.37. The number of rotatable bonds is 3. The van der Waals surface area contributed by atoms with E-state index in [1.807, 2.05) is 0 Å².